The van der Waals surface area contributed by atoms with Crippen LogP contribution < -0.4 is 20.1 Å². The van der Waals surface area contributed by atoms with Crippen LogP contribution in [0.3, 0.4) is 0 Å². The van der Waals surface area contributed by atoms with Crippen molar-refractivity contribution in [1.29, 1.82) is 0 Å². The van der Waals surface area contributed by atoms with Gasteiger partial charge in [-0.15, -0.1) is 0 Å². The summed E-state index contributed by atoms with van der Waals surface area (Å²) < 4.78 is 40.0. The summed E-state index contributed by atoms with van der Waals surface area (Å²) in [7, 11) is 1.33. The number of carbonyl (C=O) groups excluding carboxylic acids is 2. The van der Waals surface area contributed by atoms with E-state index in [0.29, 0.717) is 5.69 Å². The number of furan rings is 1. The van der Waals surface area contributed by atoms with Crippen LogP contribution in [0.5, 0.6) is 11.5 Å². The largest absolute Gasteiger partial charge is 0.493 e. The molecule has 0 aliphatic rings. The van der Waals surface area contributed by atoms with Crippen molar-refractivity contribution < 1.29 is 32.3 Å². The van der Waals surface area contributed by atoms with Gasteiger partial charge in [0.2, 0.25) is 5.91 Å². The van der Waals surface area contributed by atoms with Crippen molar-refractivity contribution in [1.82, 2.24) is 5.32 Å². The lowest BCUT2D eigenvalue weighted by Crippen LogP contribution is -2.20. The van der Waals surface area contributed by atoms with Crippen LogP contribution in [-0.2, 0) is 11.3 Å². The van der Waals surface area contributed by atoms with Crippen molar-refractivity contribution in [3.05, 3.63) is 83.8 Å². The van der Waals surface area contributed by atoms with Crippen molar-refractivity contribution >= 4 is 23.6 Å². The molecule has 0 spiro atoms. The molecular formula is C23H20F2N2O5. The van der Waals surface area contributed by atoms with E-state index < -0.39 is 12.5 Å². The minimum Gasteiger partial charge on any atom is -0.493 e. The van der Waals surface area contributed by atoms with Crippen molar-refractivity contribution in [2.24, 2.45) is 0 Å². The zero-order valence-corrected chi connectivity index (χ0v) is 17.0. The molecule has 0 unspecified atom stereocenters. The van der Waals surface area contributed by atoms with Gasteiger partial charge in [-0.3, -0.25) is 9.59 Å². The zero-order chi connectivity index (χ0) is 22.9. The number of amides is 2. The number of ether oxygens (including phenoxy) is 2. The highest BCUT2D eigenvalue weighted by Gasteiger charge is 2.14. The molecule has 2 N–H and O–H groups in total. The smallest absolute Gasteiger partial charge is 0.387 e. The van der Waals surface area contributed by atoms with E-state index in [-0.39, 0.29) is 35.3 Å². The Bertz CT molecular complexity index is 1100. The number of para-hydroxylation sites is 1. The zero-order valence-electron chi connectivity index (χ0n) is 17.0. The van der Waals surface area contributed by atoms with E-state index in [1.165, 1.54) is 37.7 Å². The normalized spacial score (nSPS) is 10.9. The number of halogens is 2. The molecule has 0 atom stereocenters. The number of methoxy groups -OCH3 is 1. The first-order chi connectivity index (χ1) is 15.5. The molecule has 2 aromatic carbocycles. The van der Waals surface area contributed by atoms with Crippen molar-refractivity contribution in [2.75, 3.05) is 12.4 Å². The minimum atomic E-state index is -3.03. The maximum Gasteiger partial charge on any atom is 0.387 e. The first-order valence-electron chi connectivity index (χ1n) is 9.48. The SMILES string of the molecule is COc1cccc(/C=C/C(=O)NCc2cccc(NC(=O)c3ccco3)c2)c1OC(F)F. The van der Waals surface area contributed by atoms with Gasteiger partial charge >= 0.3 is 6.61 Å². The molecule has 3 rings (SSSR count). The lowest BCUT2D eigenvalue weighted by molar-refractivity contribution is -0.116. The second-order valence-corrected chi connectivity index (χ2v) is 6.44. The van der Waals surface area contributed by atoms with Crippen LogP contribution in [0.1, 0.15) is 21.7 Å². The van der Waals surface area contributed by atoms with Gasteiger partial charge in [-0.05, 0) is 42.0 Å². The summed E-state index contributed by atoms with van der Waals surface area (Å²) in [4.78, 5) is 24.3. The van der Waals surface area contributed by atoms with Crippen LogP contribution in [0.4, 0.5) is 14.5 Å². The van der Waals surface area contributed by atoms with Gasteiger partial charge in [0.25, 0.3) is 5.91 Å². The highest BCUT2D eigenvalue weighted by atomic mass is 19.3. The number of benzene rings is 2. The molecule has 32 heavy (non-hydrogen) atoms. The monoisotopic (exact) mass is 442 g/mol. The number of anilines is 1. The van der Waals surface area contributed by atoms with E-state index >= 15 is 0 Å². The molecule has 0 radical (unpaired) electrons. The minimum absolute atomic E-state index is 0.126. The van der Waals surface area contributed by atoms with Crippen LogP contribution in [0, 0.1) is 0 Å². The fourth-order valence-electron chi connectivity index (χ4n) is 2.81. The molecule has 9 heteroatoms. The molecule has 0 fully saturated rings. The summed E-state index contributed by atoms with van der Waals surface area (Å²) >= 11 is 0. The quantitative estimate of drug-likeness (QED) is 0.477. The van der Waals surface area contributed by atoms with Gasteiger partial charge in [0.15, 0.2) is 17.3 Å². The van der Waals surface area contributed by atoms with Gasteiger partial charge in [0.05, 0.1) is 13.4 Å². The van der Waals surface area contributed by atoms with Crippen LogP contribution in [-0.4, -0.2) is 25.5 Å². The van der Waals surface area contributed by atoms with E-state index in [1.54, 1.807) is 42.5 Å². The summed E-state index contributed by atoms with van der Waals surface area (Å²) in [6.45, 7) is -2.85. The lowest BCUT2D eigenvalue weighted by Gasteiger charge is -2.12. The summed E-state index contributed by atoms with van der Waals surface area (Å²) in [5.41, 5.74) is 1.55. The Balaban J connectivity index is 1.61. The number of hydrogen-bond donors (Lipinski definition) is 2. The van der Waals surface area contributed by atoms with Crippen LogP contribution in [0.2, 0.25) is 0 Å². The van der Waals surface area contributed by atoms with Crippen LogP contribution in [0.25, 0.3) is 6.08 Å². The van der Waals surface area contributed by atoms with E-state index in [2.05, 4.69) is 15.4 Å². The maximum atomic E-state index is 12.7. The average molecular weight is 442 g/mol. The van der Waals surface area contributed by atoms with Crippen molar-refractivity contribution in [3.8, 4) is 11.5 Å². The number of rotatable bonds is 9. The molecule has 1 aromatic heterocycles. The standard InChI is InChI=1S/C23H20F2N2O5/c1-30-18-8-3-6-16(21(18)32-23(24)25)10-11-20(28)26-14-15-5-2-7-17(13-15)27-22(29)19-9-4-12-31-19/h2-13,23H,14H2,1H3,(H,26,28)(H,27,29)/b11-10+. The molecule has 0 aliphatic heterocycles. The molecule has 1 heterocycles. The average Bonchev–Trinajstić information content (AvgIpc) is 3.32. The fourth-order valence-corrected chi connectivity index (χ4v) is 2.81. The first-order valence-corrected chi connectivity index (χ1v) is 9.48. The Labute approximate surface area is 182 Å². The van der Waals surface area contributed by atoms with Crippen molar-refractivity contribution in [3.63, 3.8) is 0 Å². The van der Waals surface area contributed by atoms with Gasteiger partial charge in [-0.25, -0.2) is 0 Å². The Morgan fingerprint density at radius 2 is 1.94 bits per heavy atom. The molecule has 0 saturated carbocycles. The molecule has 0 bridgehead atoms. The number of hydrogen-bond acceptors (Lipinski definition) is 5. The third-order valence-electron chi connectivity index (χ3n) is 4.25. The lowest BCUT2D eigenvalue weighted by atomic mass is 10.1. The molecular weight excluding hydrogens is 422 g/mol. The number of alkyl halides is 2. The van der Waals surface area contributed by atoms with E-state index in [9.17, 15) is 18.4 Å². The number of nitrogens with one attached hydrogen (secondary N) is 2. The van der Waals surface area contributed by atoms with E-state index in [0.717, 1.165) is 5.56 Å². The summed E-state index contributed by atoms with van der Waals surface area (Å²) in [6.07, 6.45) is 3.97. The van der Waals surface area contributed by atoms with Crippen LogP contribution >= 0.6 is 0 Å². The van der Waals surface area contributed by atoms with Gasteiger partial charge in [0.1, 0.15) is 0 Å². The molecule has 3 aromatic rings. The summed E-state index contributed by atoms with van der Waals surface area (Å²) in [6, 6.07) is 14.7. The third kappa shape index (κ3) is 6.18. The van der Waals surface area contributed by atoms with Gasteiger partial charge in [-0.1, -0.05) is 24.3 Å². The Hall–Kier alpha value is -4.14. The highest BCUT2D eigenvalue weighted by Crippen LogP contribution is 2.33. The van der Waals surface area contributed by atoms with Gasteiger partial charge in [0, 0.05) is 23.9 Å². The molecule has 0 aliphatic carbocycles. The van der Waals surface area contributed by atoms with E-state index in [1.807, 2.05) is 0 Å². The molecule has 0 saturated heterocycles. The number of carbonyl (C=O) groups is 2. The Kier molecular flexibility index (Phi) is 7.58. The van der Waals surface area contributed by atoms with Gasteiger partial charge < -0.3 is 24.5 Å². The molecule has 166 valence electrons. The van der Waals surface area contributed by atoms with Crippen LogP contribution in [0.15, 0.2) is 71.4 Å². The van der Waals surface area contributed by atoms with Gasteiger partial charge in [-0.2, -0.15) is 8.78 Å². The molecule has 2 amide bonds. The maximum absolute atomic E-state index is 12.7. The molecule has 7 nitrogen and oxygen atoms in total. The second kappa shape index (κ2) is 10.8. The topological polar surface area (TPSA) is 89.8 Å². The second-order valence-electron chi connectivity index (χ2n) is 6.44. The Morgan fingerprint density at radius 1 is 1.12 bits per heavy atom. The third-order valence-corrected chi connectivity index (χ3v) is 4.25. The predicted octanol–water partition coefficient (Wildman–Crippen LogP) is 4.47. The van der Waals surface area contributed by atoms with E-state index in [4.69, 9.17) is 9.15 Å². The summed E-state index contributed by atoms with van der Waals surface area (Å²) in [5, 5.41) is 5.39. The summed E-state index contributed by atoms with van der Waals surface area (Å²) in [5.74, 6) is -0.683. The van der Waals surface area contributed by atoms with Crippen molar-refractivity contribution in [2.45, 2.75) is 13.2 Å². The highest BCUT2D eigenvalue weighted by molar-refractivity contribution is 6.02. The first kappa shape index (κ1) is 22.5. The Morgan fingerprint density at radius 3 is 2.66 bits per heavy atom. The predicted molar refractivity (Wildman–Crippen MR) is 114 cm³/mol. The fraction of sp³-hybridized carbons (Fsp3) is 0.130.